The van der Waals surface area contributed by atoms with E-state index in [2.05, 4.69) is 5.32 Å². The minimum absolute atomic E-state index is 0. The summed E-state index contributed by atoms with van der Waals surface area (Å²) in [5.41, 5.74) is 6.99. The first-order valence-corrected chi connectivity index (χ1v) is 7.97. The number of benzene rings is 1. The summed E-state index contributed by atoms with van der Waals surface area (Å²) >= 11 is 0. The number of rotatable bonds is 6. The van der Waals surface area contributed by atoms with Crippen molar-refractivity contribution < 1.29 is 14.3 Å². The van der Waals surface area contributed by atoms with Gasteiger partial charge in [-0.2, -0.15) is 0 Å². The number of hydrogen-bond acceptors (Lipinski definition) is 4. The molecule has 0 aromatic heterocycles. The molecule has 2 aliphatic carbocycles. The van der Waals surface area contributed by atoms with Crippen LogP contribution in [0.2, 0.25) is 0 Å². The maximum atomic E-state index is 12.5. The van der Waals surface area contributed by atoms with Crippen molar-refractivity contribution in [3.05, 3.63) is 24.3 Å². The first-order valence-electron chi connectivity index (χ1n) is 7.97. The van der Waals surface area contributed by atoms with Crippen molar-refractivity contribution >= 4 is 24.0 Å². The Kier molecular flexibility index (Phi) is 6.27. The van der Waals surface area contributed by atoms with Gasteiger partial charge >= 0.3 is 0 Å². The lowest BCUT2D eigenvalue weighted by Gasteiger charge is -2.27. The lowest BCUT2D eigenvalue weighted by Crippen LogP contribution is -2.42. The molecule has 1 aromatic rings. The van der Waals surface area contributed by atoms with Crippen molar-refractivity contribution in [3.63, 3.8) is 0 Å². The maximum Gasteiger partial charge on any atom is 0.229 e. The minimum atomic E-state index is -0.0446. The Hall–Kier alpha value is -1.30. The molecule has 0 saturated heterocycles. The number of nitrogens with one attached hydrogen (secondary N) is 1. The van der Waals surface area contributed by atoms with Crippen LogP contribution >= 0.6 is 12.4 Å². The van der Waals surface area contributed by atoms with E-state index in [0.717, 1.165) is 24.3 Å². The standard InChI is InChI=1S/C17H24N2O3.ClH/c1-21-7-8-22-14-4-2-3-13(10-14)19-17(20)15-11-5-6-12(9-11)16(15)18;/h2-4,10-12,15-16H,5-9,18H2,1H3,(H,19,20);1H. The van der Waals surface area contributed by atoms with Crippen molar-refractivity contribution in [2.45, 2.75) is 25.3 Å². The molecule has 3 rings (SSSR count). The highest BCUT2D eigenvalue weighted by atomic mass is 35.5. The van der Waals surface area contributed by atoms with Gasteiger partial charge in [-0.05, 0) is 43.2 Å². The lowest BCUT2D eigenvalue weighted by atomic mass is 9.84. The number of fused-ring (bicyclic) bond motifs is 2. The van der Waals surface area contributed by atoms with E-state index in [9.17, 15) is 4.79 Å². The fourth-order valence-electron chi connectivity index (χ4n) is 3.86. The molecule has 0 heterocycles. The minimum Gasteiger partial charge on any atom is -0.491 e. The topological polar surface area (TPSA) is 73.6 Å². The van der Waals surface area contributed by atoms with E-state index in [4.69, 9.17) is 15.2 Å². The normalized spacial score (nSPS) is 28.3. The highest BCUT2D eigenvalue weighted by Gasteiger charge is 2.49. The zero-order chi connectivity index (χ0) is 15.5. The third kappa shape index (κ3) is 3.97. The Labute approximate surface area is 143 Å². The van der Waals surface area contributed by atoms with Gasteiger partial charge in [-0.25, -0.2) is 0 Å². The summed E-state index contributed by atoms with van der Waals surface area (Å²) in [4.78, 5) is 12.5. The van der Waals surface area contributed by atoms with Crippen LogP contribution in [0.25, 0.3) is 0 Å². The second-order valence-electron chi connectivity index (χ2n) is 6.29. The summed E-state index contributed by atoms with van der Waals surface area (Å²) in [7, 11) is 1.64. The van der Waals surface area contributed by atoms with Gasteiger partial charge in [0.05, 0.1) is 12.5 Å². The van der Waals surface area contributed by atoms with Crippen LogP contribution in [0.1, 0.15) is 19.3 Å². The molecule has 5 nitrogen and oxygen atoms in total. The van der Waals surface area contributed by atoms with Crippen molar-refractivity contribution in [3.8, 4) is 5.75 Å². The van der Waals surface area contributed by atoms with Gasteiger partial charge in [0.25, 0.3) is 0 Å². The molecule has 2 fully saturated rings. The number of halogens is 1. The predicted octanol–water partition coefficient (Wildman–Crippen LogP) is 2.45. The predicted molar refractivity (Wildman–Crippen MR) is 92.0 cm³/mol. The van der Waals surface area contributed by atoms with E-state index < -0.39 is 0 Å². The monoisotopic (exact) mass is 340 g/mol. The molecular weight excluding hydrogens is 316 g/mol. The van der Waals surface area contributed by atoms with Gasteiger partial charge < -0.3 is 20.5 Å². The highest BCUT2D eigenvalue weighted by Crippen LogP contribution is 2.47. The zero-order valence-electron chi connectivity index (χ0n) is 13.4. The summed E-state index contributed by atoms with van der Waals surface area (Å²) in [5, 5.41) is 3.00. The molecule has 4 atom stereocenters. The summed E-state index contributed by atoms with van der Waals surface area (Å²) in [6, 6.07) is 7.47. The van der Waals surface area contributed by atoms with E-state index in [1.807, 2.05) is 24.3 Å². The fourth-order valence-corrected chi connectivity index (χ4v) is 3.86. The van der Waals surface area contributed by atoms with Crippen LogP contribution in [0, 0.1) is 17.8 Å². The molecular formula is C17H25ClN2O3. The van der Waals surface area contributed by atoms with Gasteiger partial charge in [0.1, 0.15) is 12.4 Å². The second-order valence-corrected chi connectivity index (χ2v) is 6.29. The van der Waals surface area contributed by atoms with Crippen LogP contribution in [0.5, 0.6) is 5.75 Å². The number of anilines is 1. The molecule has 0 radical (unpaired) electrons. The summed E-state index contributed by atoms with van der Waals surface area (Å²) in [5.74, 6) is 1.73. The smallest absolute Gasteiger partial charge is 0.229 e. The van der Waals surface area contributed by atoms with E-state index in [0.29, 0.717) is 25.0 Å². The second kappa shape index (κ2) is 7.99. The molecule has 3 N–H and O–H groups in total. The summed E-state index contributed by atoms with van der Waals surface area (Å²) in [6.45, 7) is 1.03. The first-order chi connectivity index (χ1) is 10.7. The van der Waals surface area contributed by atoms with Crippen LogP contribution in [0.15, 0.2) is 24.3 Å². The average Bonchev–Trinajstić information content (AvgIpc) is 3.08. The maximum absolute atomic E-state index is 12.5. The van der Waals surface area contributed by atoms with E-state index in [-0.39, 0.29) is 30.3 Å². The van der Waals surface area contributed by atoms with Crippen LogP contribution in [-0.2, 0) is 9.53 Å². The third-order valence-corrected chi connectivity index (χ3v) is 4.94. The third-order valence-electron chi connectivity index (χ3n) is 4.94. The van der Waals surface area contributed by atoms with Crippen molar-refractivity contribution in [1.29, 1.82) is 0 Å². The van der Waals surface area contributed by atoms with Gasteiger partial charge in [-0.1, -0.05) is 6.07 Å². The fraction of sp³-hybridized carbons (Fsp3) is 0.588. The number of carbonyl (C=O) groups excluding carboxylic acids is 1. The molecule has 6 heteroatoms. The van der Waals surface area contributed by atoms with Crippen molar-refractivity contribution in [1.82, 2.24) is 0 Å². The number of carbonyl (C=O) groups is 1. The molecule has 128 valence electrons. The molecule has 2 bridgehead atoms. The first kappa shape index (κ1) is 18.0. The summed E-state index contributed by atoms with van der Waals surface area (Å²) in [6.07, 6.45) is 3.43. The van der Waals surface area contributed by atoms with Gasteiger partial charge in [-0.3, -0.25) is 4.79 Å². The molecule has 4 unspecified atom stereocenters. The number of hydrogen-bond donors (Lipinski definition) is 2. The number of nitrogens with two attached hydrogens (primary N) is 1. The van der Waals surface area contributed by atoms with E-state index >= 15 is 0 Å². The molecule has 1 aromatic carbocycles. The largest absolute Gasteiger partial charge is 0.491 e. The van der Waals surface area contributed by atoms with E-state index in [1.54, 1.807) is 7.11 Å². The zero-order valence-corrected chi connectivity index (χ0v) is 14.2. The number of methoxy groups -OCH3 is 1. The SMILES string of the molecule is COCCOc1cccc(NC(=O)C2C3CCC(C3)C2N)c1.Cl. The number of ether oxygens (including phenoxy) is 2. The molecule has 0 aliphatic heterocycles. The van der Waals surface area contributed by atoms with Gasteiger partial charge in [0.2, 0.25) is 5.91 Å². The average molecular weight is 341 g/mol. The van der Waals surface area contributed by atoms with E-state index in [1.165, 1.54) is 6.42 Å². The molecule has 1 amide bonds. The molecule has 2 aliphatic rings. The van der Waals surface area contributed by atoms with Crippen LogP contribution in [0.4, 0.5) is 5.69 Å². The highest BCUT2D eigenvalue weighted by molar-refractivity contribution is 5.93. The molecule has 0 spiro atoms. The Balaban J connectivity index is 0.00000192. The quantitative estimate of drug-likeness (QED) is 0.780. The Morgan fingerprint density at radius 2 is 2.09 bits per heavy atom. The summed E-state index contributed by atoms with van der Waals surface area (Å²) < 4.78 is 10.5. The van der Waals surface area contributed by atoms with Gasteiger partial charge in [0.15, 0.2) is 0 Å². The van der Waals surface area contributed by atoms with Crippen LogP contribution in [0.3, 0.4) is 0 Å². The Bertz CT molecular complexity index is 538. The van der Waals surface area contributed by atoms with Gasteiger partial charge in [-0.15, -0.1) is 12.4 Å². The van der Waals surface area contributed by atoms with Crippen LogP contribution < -0.4 is 15.8 Å². The van der Waals surface area contributed by atoms with Gasteiger partial charge in [0, 0.05) is 24.9 Å². The van der Waals surface area contributed by atoms with Crippen molar-refractivity contribution in [2.24, 2.45) is 23.5 Å². The number of amides is 1. The lowest BCUT2D eigenvalue weighted by molar-refractivity contribution is -0.121. The van der Waals surface area contributed by atoms with Crippen molar-refractivity contribution in [2.75, 3.05) is 25.6 Å². The molecule has 23 heavy (non-hydrogen) atoms. The molecule has 2 saturated carbocycles. The Morgan fingerprint density at radius 3 is 2.78 bits per heavy atom. The Morgan fingerprint density at radius 1 is 1.30 bits per heavy atom. The van der Waals surface area contributed by atoms with Crippen LogP contribution in [-0.4, -0.2) is 32.3 Å².